The van der Waals surface area contributed by atoms with Crippen molar-refractivity contribution in [3.05, 3.63) is 29.8 Å². The van der Waals surface area contributed by atoms with Crippen molar-refractivity contribution in [1.29, 1.82) is 0 Å². The van der Waals surface area contributed by atoms with E-state index < -0.39 is 0 Å². The lowest BCUT2D eigenvalue weighted by molar-refractivity contribution is -0.121. The predicted molar refractivity (Wildman–Crippen MR) is 176 cm³/mol. The Balaban J connectivity index is 2.10. The van der Waals surface area contributed by atoms with Crippen LogP contribution in [0.2, 0.25) is 0 Å². The summed E-state index contributed by atoms with van der Waals surface area (Å²) in [5, 5.41) is 9.01. The molecule has 0 saturated carbocycles. The first-order valence-electron chi connectivity index (χ1n) is 14.9. The first-order chi connectivity index (χ1) is 20.8. The minimum absolute atomic E-state index is 0.0148. The van der Waals surface area contributed by atoms with Crippen LogP contribution in [0.15, 0.2) is 24.3 Å². The van der Waals surface area contributed by atoms with Gasteiger partial charge in [-0.25, -0.2) is 0 Å². The zero-order chi connectivity index (χ0) is 31.5. The van der Waals surface area contributed by atoms with Crippen molar-refractivity contribution in [2.45, 2.75) is 52.0 Å². The van der Waals surface area contributed by atoms with E-state index in [1.54, 1.807) is 33.7 Å². The monoisotopic (exact) mass is 641 g/mol. The fraction of sp³-hybridized carbons (Fsp3) is 0.677. The van der Waals surface area contributed by atoms with E-state index in [1.807, 2.05) is 32.2 Å². The SMILES string of the molecule is CSS[C@@H](COc1cccc(C(=O)NCCNC(C)C)c1)OCCOCCOCCCC(=O)NCCOCC#CC(C)C. The molecule has 0 fully saturated rings. The summed E-state index contributed by atoms with van der Waals surface area (Å²) in [6.45, 7) is 13.4. The molecule has 0 spiro atoms. The zero-order valence-corrected chi connectivity index (χ0v) is 28.0. The van der Waals surface area contributed by atoms with Gasteiger partial charge in [-0.2, -0.15) is 0 Å². The van der Waals surface area contributed by atoms with Crippen LogP contribution in [0.25, 0.3) is 0 Å². The number of amides is 2. The fourth-order valence-electron chi connectivity index (χ4n) is 3.36. The number of nitrogens with one attached hydrogen (secondary N) is 3. The standard InChI is InChI=1S/C31H51N3O7S2/c1-25(2)9-7-16-37-18-15-33-29(35)12-8-17-38-19-20-39-21-22-40-30(43-42-5)24-41-28-11-6-10-27(23-28)31(36)34-14-13-32-26(3)4/h6,10-11,23,25-26,30,32H,8,12-22,24H2,1-5H3,(H,33,35)(H,34,36)/t30-/m0/s1. The molecule has 2 amide bonds. The molecule has 0 aliphatic rings. The molecule has 43 heavy (non-hydrogen) atoms. The van der Waals surface area contributed by atoms with Crippen LogP contribution in [0.3, 0.4) is 0 Å². The second-order valence-corrected chi connectivity index (χ2v) is 12.6. The van der Waals surface area contributed by atoms with Gasteiger partial charge >= 0.3 is 0 Å². The second-order valence-electron chi connectivity index (χ2n) is 9.97. The summed E-state index contributed by atoms with van der Waals surface area (Å²) in [4.78, 5) is 24.3. The Morgan fingerprint density at radius 1 is 0.907 bits per heavy atom. The van der Waals surface area contributed by atoms with E-state index in [9.17, 15) is 9.59 Å². The van der Waals surface area contributed by atoms with Crippen LogP contribution in [-0.2, 0) is 23.7 Å². The zero-order valence-electron chi connectivity index (χ0n) is 26.4. The first kappa shape index (κ1) is 39.0. The molecule has 0 aliphatic carbocycles. The third-order valence-corrected chi connectivity index (χ3v) is 7.28. The Bertz CT molecular complexity index is 941. The maximum absolute atomic E-state index is 12.4. The van der Waals surface area contributed by atoms with Crippen LogP contribution in [0, 0.1) is 17.8 Å². The fourth-order valence-corrected chi connectivity index (χ4v) is 4.82. The third kappa shape index (κ3) is 23.1. The molecule has 244 valence electrons. The average Bonchev–Trinajstić information content (AvgIpc) is 2.98. The third-order valence-electron chi connectivity index (χ3n) is 5.38. The van der Waals surface area contributed by atoms with Gasteiger partial charge in [0.2, 0.25) is 5.91 Å². The number of carbonyl (C=O) groups excluding carboxylic acids is 2. The maximum Gasteiger partial charge on any atom is 0.251 e. The van der Waals surface area contributed by atoms with Gasteiger partial charge in [0.15, 0.2) is 0 Å². The highest BCUT2D eigenvalue weighted by Gasteiger charge is 2.12. The van der Waals surface area contributed by atoms with Crippen LogP contribution in [0.5, 0.6) is 5.75 Å². The van der Waals surface area contributed by atoms with Gasteiger partial charge in [-0.1, -0.05) is 67.2 Å². The molecule has 3 N–H and O–H groups in total. The van der Waals surface area contributed by atoms with E-state index in [0.717, 1.165) is 0 Å². The minimum atomic E-state index is -0.189. The summed E-state index contributed by atoms with van der Waals surface area (Å²) in [6, 6.07) is 7.52. The largest absolute Gasteiger partial charge is 0.490 e. The lowest BCUT2D eigenvalue weighted by Gasteiger charge is -2.17. The van der Waals surface area contributed by atoms with Gasteiger partial charge in [-0.15, -0.1) is 0 Å². The minimum Gasteiger partial charge on any atom is -0.490 e. The van der Waals surface area contributed by atoms with Crippen LogP contribution >= 0.6 is 21.6 Å². The molecule has 0 unspecified atom stereocenters. The molecule has 1 aromatic rings. The topological polar surface area (TPSA) is 116 Å². The van der Waals surface area contributed by atoms with E-state index in [0.29, 0.717) is 109 Å². The van der Waals surface area contributed by atoms with Gasteiger partial charge in [0, 0.05) is 50.2 Å². The molecular formula is C31H51N3O7S2. The summed E-state index contributed by atoms with van der Waals surface area (Å²) in [5.74, 6) is 6.77. The molecule has 0 heterocycles. The van der Waals surface area contributed by atoms with Crippen molar-refractivity contribution < 1.29 is 33.3 Å². The van der Waals surface area contributed by atoms with Gasteiger partial charge in [-0.3, -0.25) is 9.59 Å². The molecule has 1 rings (SSSR count). The summed E-state index contributed by atoms with van der Waals surface area (Å²) in [7, 11) is 3.17. The number of benzene rings is 1. The molecule has 1 aromatic carbocycles. The van der Waals surface area contributed by atoms with Crippen molar-refractivity contribution in [3.8, 4) is 17.6 Å². The summed E-state index contributed by atoms with van der Waals surface area (Å²) < 4.78 is 28.3. The average molecular weight is 642 g/mol. The summed E-state index contributed by atoms with van der Waals surface area (Å²) in [6.07, 6.45) is 3.04. The molecule has 12 heteroatoms. The van der Waals surface area contributed by atoms with Crippen LogP contribution in [0.1, 0.15) is 50.9 Å². The van der Waals surface area contributed by atoms with Gasteiger partial charge < -0.3 is 39.6 Å². The summed E-state index contributed by atoms with van der Waals surface area (Å²) in [5.41, 5.74) is 0.367. The predicted octanol–water partition coefficient (Wildman–Crippen LogP) is 3.75. The molecule has 0 bridgehead atoms. The second kappa shape index (κ2) is 26.4. The van der Waals surface area contributed by atoms with Gasteiger partial charge in [0.1, 0.15) is 24.4 Å². The van der Waals surface area contributed by atoms with Crippen molar-refractivity contribution >= 4 is 33.4 Å². The Kier molecular flexibility index (Phi) is 24.0. The number of ether oxygens (including phenoxy) is 5. The molecule has 0 aliphatic heterocycles. The van der Waals surface area contributed by atoms with Crippen LogP contribution < -0.4 is 20.7 Å². The lowest BCUT2D eigenvalue weighted by Crippen LogP contribution is -2.34. The maximum atomic E-state index is 12.4. The quantitative estimate of drug-likeness (QED) is 0.0631. The van der Waals surface area contributed by atoms with Crippen LogP contribution in [0.4, 0.5) is 0 Å². The molecule has 0 radical (unpaired) electrons. The lowest BCUT2D eigenvalue weighted by atomic mass is 10.2. The van der Waals surface area contributed by atoms with Crippen molar-refractivity contribution in [2.24, 2.45) is 5.92 Å². The molecular weight excluding hydrogens is 590 g/mol. The number of carbonyl (C=O) groups is 2. The van der Waals surface area contributed by atoms with Crippen LogP contribution in [-0.4, -0.2) is 102 Å². The highest BCUT2D eigenvalue weighted by molar-refractivity contribution is 8.76. The Hall–Kier alpha value is -1.98. The van der Waals surface area contributed by atoms with E-state index in [-0.39, 0.29) is 17.3 Å². The molecule has 10 nitrogen and oxygen atoms in total. The molecule has 0 aromatic heterocycles. The van der Waals surface area contributed by atoms with Crippen molar-refractivity contribution in [3.63, 3.8) is 0 Å². The van der Waals surface area contributed by atoms with E-state index in [2.05, 4.69) is 41.6 Å². The Morgan fingerprint density at radius 3 is 2.42 bits per heavy atom. The van der Waals surface area contributed by atoms with Gasteiger partial charge in [0.25, 0.3) is 5.91 Å². The molecule has 1 atom stereocenters. The highest BCUT2D eigenvalue weighted by atomic mass is 33.1. The number of hydrogen-bond acceptors (Lipinski definition) is 10. The smallest absolute Gasteiger partial charge is 0.251 e. The Morgan fingerprint density at radius 2 is 1.67 bits per heavy atom. The van der Waals surface area contributed by atoms with Gasteiger partial charge in [0.05, 0.1) is 33.0 Å². The first-order valence-corrected chi connectivity index (χ1v) is 17.5. The van der Waals surface area contributed by atoms with E-state index in [4.69, 9.17) is 23.7 Å². The van der Waals surface area contributed by atoms with Crippen molar-refractivity contribution in [1.82, 2.24) is 16.0 Å². The summed E-state index contributed by atoms with van der Waals surface area (Å²) >= 11 is 0. The van der Waals surface area contributed by atoms with E-state index >= 15 is 0 Å². The Labute approximate surface area is 266 Å². The van der Waals surface area contributed by atoms with Gasteiger partial charge in [-0.05, 0) is 30.9 Å². The number of hydrogen-bond donors (Lipinski definition) is 3. The van der Waals surface area contributed by atoms with Crippen molar-refractivity contribution in [2.75, 3.05) is 78.7 Å². The normalized spacial score (nSPS) is 11.7. The number of rotatable bonds is 25. The highest BCUT2D eigenvalue weighted by Crippen LogP contribution is 2.25. The van der Waals surface area contributed by atoms with E-state index in [1.165, 1.54) is 0 Å². The molecule has 0 saturated heterocycles.